The van der Waals surface area contributed by atoms with Crippen molar-refractivity contribution < 1.29 is 0 Å². The lowest BCUT2D eigenvalue weighted by Gasteiger charge is -2.15. The van der Waals surface area contributed by atoms with Gasteiger partial charge >= 0.3 is 0 Å². The highest BCUT2D eigenvalue weighted by molar-refractivity contribution is 5.73. The maximum atomic E-state index is 4.98. The van der Waals surface area contributed by atoms with Crippen molar-refractivity contribution in [1.29, 1.82) is 0 Å². The zero-order chi connectivity index (χ0) is 21.4. The minimum Gasteiger partial charge on any atom is -0.208 e. The maximum absolute atomic E-state index is 4.98. The molecule has 0 N–H and O–H groups in total. The second-order valence-electron chi connectivity index (χ2n) is 8.22. The molecule has 0 radical (unpaired) electrons. The first-order chi connectivity index (χ1) is 14.3. The molecule has 0 atom stereocenters. The lowest BCUT2D eigenvalue weighted by atomic mass is 9.97. The molecule has 1 heterocycles. The zero-order valence-corrected chi connectivity index (χ0v) is 18.5. The van der Waals surface area contributed by atoms with Gasteiger partial charge in [-0.3, -0.25) is 0 Å². The van der Waals surface area contributed by atoms with Crippen LogP contribution in [0.3, 0.4) is 0 Å². The Morgan fingerprint density at radius 3 is 1.23 bits per heavy atom. The molecule has 3 nitrogen and oxygen atoms in total. The maximum Gasteiger partial charge on any atom is 0.164 e. The van der Waals surface area contributed by atoms with Crippen molar-refractivity contribution in [3.8, 4) is 34.2 Å². The molecule has 1 aromatic heterocycles. The van der Waals surface area contributed by atoms with E-state index in [-0.39, 0.29) is 0 Å². The molecule has 4 rings (SSSR count). The summed E-state index contributed by atoms with van der Waals surface area (Å²) in [5.41, 5.74) is 10.4. The van der Waals surface area contributed by atoms with Crippen molar-refractivity contribution in [1.82, 2.24) is 15.0 Å². The van der Waals surface area contributed by atoms with Crippen molar-refractivity contribution in [2.75, 3.05) is 0 Å². The van der Waals surface area contributed by atoms with E-state index in [4.69, 9.17) is 15.0 Å². The fourth-order valence-corrected chi connectivity index (χ4v) is 4.38. The first-order valence-corrected chi connectivity index (χ1v) is 10.3. The van der Waals surface area contributed by atoms with E-state index in [1.165, 1.54) is 33.4 Å². The fraction of sp³-hybridized carbons (Fsp3) is 0.222. The summed E-state index contributed by atoms with van der Waals surface area (Å²) in [4.78, 5) is 14.8. The average Bonchev–Trinajstić information content (AvgIpc) is 2.67. The Kier molecular flexibility index (Phi) is 5.21. The summed E-state index contributed by atoms with van der Waals surface area (Å²) in [5.74, 6) is 2.16. The monoisotopic (exact) mass is 393 g/mol. The lowest BCUT2D eigenvalue weighted by Crippen LogP contribution is -2.04. The van der Waals surface area contributed by atoms with Gasteiger partial charge in [0, 0.05) is 16.7 Å². The highest BCUT2D eigenvalue weighted by atomic mass is 15.0. The van der Waals surface area contributed by atoms with Crippen molar-refractivity contribution in [3.05, 3.63) is 88.0 Å². The van der Waals surface area contributed by atoms with E-state index in [1.54, 1.807) is 0 Å². The van der Waals surface area contributed by atoms with Crippen LogP contribution in [0, 0.1) is 41.5 Å². The molecule has 3 heteroatoms. The third-order valence-corrected chi connectivity index (χ3v) is 5.47. The molecule has 0 aliphatic heterocycles. The van der Waals surface area contributed by atoms with Crippen molar-refractivity contribution in [3.63, 3.8) is 0 Å². The van der Waals surface area contributed by atoms with Crippen molar-refractivity contribution in [2.45, 2.75) is 41.5 Å². The molecule has 0 aliphatic carbocycles. The molecule has 0 amide bonds. The van der Waals surface area contributed by atoms with Crippen LogP contribution in [-0.4, -0.2) is 15.0 Å². The van der Waals surface area contributed by atoms with Crippen LogP contribution < -0.4 is 0 Å². The molecule has 0 aliphatic rings. The van der Waals surface area contributed by atoms with Crippen LogP contribution in [0.15, 0.2) is 54.6 Å². The van der Waals surface area contributed by atoms with Gasteiger partial charge in [-0.25, -0.2) is 15.0 Å². The topological polar surface area (TPSA) is 38.7 Å². The van der Waals surface area contributed by atoms with Crippen molar-refractivity contribution >= 4 is 0 Å². The van der Waals surface area contributed by atoms with E-state index in [9.17, 15) is 0 Å². The van der Waals surface area contributed by atoms with Gasteiger partial charge in [0.25, 0.3) is 0 Å². The highest BCUT2D eigenvalue weighted by Crippen LogP contribution is 2.32. The Balaban J connectivity index is 2.03. The van der Waals surface area contributed by atoms with Crippen molar-refractivity contribution in [2.24, 2.45) is 0 Å². The van der Waals surface area contributed by atoms with Crippen LogP contribution in [0.5, 0.6) is 0 Å². The summed E-state index contributed by atoms with van der Waals surface area (Å²) in [6.07, 6.45) is 0. The van der Waals surface area contributed by atoms with E-state index in [0.717, 1.165) is 28.3 Å². The predicted molar refractivity (Wildman–Crippen MR) is 125 cm³/mol. The first kappa shape index (κ1) is 20.0. The molecule has 0 bridgehead atoms. The van der Waals surface area contributed by atoms with Crippen LogP contribution in [0.4, 0.5) is 0 Å². The molecular formula is C27H27N3. The molecule has 150 valence electrons. The first-order valence-electron chi connectivity index (χ1n) is 10.3. The van der Waals surface area contributed by atoms with Crippen LogP contribution in [-0.2, 0) is 0 Å². The minimum atomic E-state index is 0.703. The van der Waals surface area contributed by atoms with Crippen LogP contribution >= 0.6 is 0 Å². The molecule has 0 fully saturated rings. The molecule has 3 aromatic carbocycles. The van der Waals surface area contributed by atoms with Gasteiger partial charge in [-0.15, -0.1) is 0 Å². The van der Waals surface area contributed by atoms with Crippen LogP contribution in [0.2, 0.25) is 0 Å². The summed E-state index contributed by atoms with van der Waals surface area (Å²) in [7, 11) is 0. The van der Waals surface area contributed by atoms with Gasteiger partial charge in [-0.05, 0) is 63.8 Å². The fourth-order valence-electron chi connectivity index (χ4n) is 4.38. The number of benzene rings is 3. The van der Waals surface area contributed by atoms with E-state index >= 15 is 0 Å². The number of rotatable bonds is 3. The summed E-state index contributed by atoms with van der Waals surface area (Å²) in [6.45, 7) is 12.8. The number of nitrogens with zero attached hydrogens (tertiary/aromatic N) is 3. The Morgan fingerprint density at radius 1 is 0.467 bits per heavy atom. The van der Waals surface area contributed by atoms with E-state index < -0.39 is 0 Å². The quantitative estimate of drug-likeness (QED) is 0.388. The molecule has 30 heavy (non-hydrogen) atoms. The summed E-state index contributed by atoms with van der Waals surface area (Å²) in [5, 5.41) is 0. The Bertz CT molecular complexity index is 1120. The van der Waals surface area contributed by atoms with Gasteiger partial charge in [0.2, 0.25) is 0 Å². The van der Waals surface area contributed by atoms with Crippen LogP contribution in [0.25, 0.3) is 34.2 Å². The summed E-state index contributed by atoms with van der Waals surface area (Å²) >= 11 is 0. The van der Waals surface area contributed by atoms with E-state index in [2.05, 4.69) is 65.8 Å². The Labute approximate surface area is 178 Å². The highest BCUT2D eigenvalue weighted by Gasteiger charge is 2.17. The molecule has 4 aromatic rings. The number of aryl methyl sites for hydroxylation is 6. The third-order valence-electron chi connectivity index (χ3n) is 5.47. The SMILES string of the molecule is Cc1cc(C)c(-c2nc(-c3ccccc3)nc(-c3c(C)cc(C)cc3C)n2)c(C)c1. The number of hydrogen-bond acceptors (Lipinski definition) is 3. The predicted octanol–water partition coefficient (Wildman–Crippen LogP) is 6.72. The minimum absolute atomic E-state index is 0.703. The molecule has 0 spiro atoms. The van der Waals surface area contributed by atoms with Gasteiger partial charge in [0.15, 0.2) is 17.5 Å². The summed E-state index contributed by atoms with van der Waals surface area (Å²) in [6, 6.07) is 18.9. The third kappa shape index (κ3) is 3.76. The second kappa shape index (κ2) is 7.83. The largest absolute Gasteiger partial charge is 0.208 e. The zero-order valence-electron chi connectivity index (χ0n) is 18.5. The molecule has 0 saturated heterocycles. The Morgan fingerprint density at radius 2 is 0.833 bits per heavy atom. The average molecular weight is 394 g/mol. The number of aromatic nitrogens is 3. The Hall–Kier alpha value is -3.33. The molecule has 0 unspecified atom stereocenters. The van der Waals surface area contributed by atoms with Gasteiger partial charge < -0.3 is 0 Å². The molecular weight excluding hydrogens is 366 g/mol. The molecule has 0 saturated carbocycles. The second-order valence-corrected chi connectivity index (χ2v) is 8.22. The lowest BCUT2D eigenvalue weighted by molar-refractivity contribution is 1.06. The normalized spacial score (nSPS) is 11.0. The van der Waals surface area contributed by atoms with Gasteiger partial charge in [0.05, 0.1) is 0 Å². The van der Waals surface area contributed by atoms with Gasteiger partial charge in [-0.2, -0.15) is 0 Å². The van der Waals surface area contributed by atoms with Gasteiger partial charge in [-0.1, -0.05) is 65.7 Å². The summed E-state index contributed by atoms with van der Waals surface area (Å²) < 4.78 is 0. The smallest absolute Gasteiger partial charge is 0.164 e. The van der Waals surface area contributed by atoms with Crippen LogP contribution in [0.1, 0.15) is 33.4 Å². The van der Waals surface area contributed by atoms with Gasteiger partial charge in [0.1, 0.15) is 0 Å². The number of hydrogen-bond donors (Lipinski definition) is 0. The van der Waals surface area contributed by atoms with E-state index in [0.29, 0.717) is 5.82 Å². The van der Waals surface area contributed by atoms with E-state index in [1.807, 2.05) is 30.3 Å². The standard InChI is InChI=1S/C27H27N3/c1-16-12-18(3)23(19(4)13-16)26-28-25(22-10-8-7-9-11-22)29-27(30-26)24-20(5)14-17(2)15-21(24)6/h7-15H,1-6H3.